The van der Waals surface area contributed by atoms with Gasteiger partial charge in [-0.15, -0.1) is 0 Å². The maximum atomic E-state index is 6.01. The molecule has 0 bridgehead atoms. The molecular weight excluding hydrogens is 238 g/mol. The van der Waals surface area contributed by atoms with Crippen LogP contribution in [0.15, 0.2) is 24.3 Å². The van der Waals surface area contributed by atoms with E-state index in [4.69, 9.17) is 9.47 Å². The molecule has 1 aliphatic rings. The van der Waals surface area contributed by atoms with Crippen LogP contribution in [-0.4, -0.2) is 32.9 Å². The Kier molecular flexibility index (Phi) is 5.67. The molecular formula is C16H25NO2. The molecule has 0 saturated carbocycles. The van der Waals surface area contributed by atoms with E-state index in [1.165, 1.54) is 12.0 Å². The molecule has 0 radical (unpaired) electrons. The Labute approximate surface area is 116 Å². The van der Waals surface area contributed by atoms with Crippen molar-refractivity contribution < 1.29 is 9.47 Å². The third-order valence-electron chi connectivity index (χ3n) is 3.80. The summed E-state index contributed by atoms with van der Waals surface area (Å²) in [5, 5.41) is 3.45. The minimum atomic E-state index is 0.353. The summed E-state index contributed by atoms with van der Waals surface area (Å²) in [6.07, 6.45) is 3.73. The number of ether oxygens (including phenoxy) is 2. The van der Waals surface area contributed by atoms with Crippen LogP contribution in [0.4, 0.5) is 0 Å². The van der Waals surface area contributed by atoms with Crippen molar-refractivity contribution in [3.8, 4) is 5.75 Å². The summed E-state index contributed by atoms with van der Waals surface area (Å²) in [6.45, 7) is 5.02. The number of nitrogens with one attached hydrogen (secondary N) is 1. The molecule has 0 aromatic heterocycles. The Bertz CT molecular complexity index is 356. The zero-order valence-corrected chi connectivity index (χ0v) is 12.0. The number of rotatable bonds is 8. The molecule has 2 unspecified atom stereocenters. The van der Waals surface area contributed by atoms with Gasteiger partial charge in [0.25, 0.3) is 0 Å². The monoisotopic (exact) mass is 263 g/mol. The van der Waals surface area contributed by atoms with E-state index in [1.54, 1.807) is 7.11 Å². The van der Waals surface area contributed by atoms with E-state index in [0.29, 0.717) is 12.0 Å². The third kappa shape index (κ3) is 4.22. The molecule has 0 saturated heterocycles. The van der Waals surface area contributed by atoms with Crippen LogP contribution >= 0.6 is 0 Å². The Balaban J connectivity index is 1.74. The van der Waals surface area contributed by atoms with Gasteiger partial charge >= 0.3 is 0 Å². The normalized spacial score (nSPS) is 18.9. The highest BCUT2D eigenvalue weighted by molar-refractivity contribution is 5.37. The van der Waals surface area contributed by atoms with Crippen molar-refractivity contribution in [3.05, 3.63) is 29.8 Å². The molecule has 3 nitrogen and oxygen atoms in total. The summed E-state index contributed by atoms with van der Waals surface area (Å²) in [5.41, 5.74) is 1.36. The minimum absolute atomic E-state index is 0.353. The van der Waals surface area contributed by atoms with E-state index < -0.39 is 0 Å². The lowest BCUT2D eigenvalue weighted by atomic mass is 9.96. The second-order valence-corrected chi connectivity index (χ2v) is 5.26. The smallest absolute Gasteiger partial charge is 0.123 e. The van der Waals surface area contributed by atoms with Crippen LogP contribution < -0.4 is 10.1 Å². The molecule has 19 heavy (non-hydrogen) atoms. The molecule has 3 heteroatoms. The van der Waals surface area contributed by atoms with Crippen LogP contribution in [0.25, 0.3) is 0 Å². The molecule has 1 N–H and O–H groups in total. The van der Waals surface area contributed by atoms with Crippen molar-refractivity contribution >= 4 is 0 Å². The van der Waals surface area contributed by atoms with Crippen LogP contribution in [0.5, 0.6) is 5.75 Å². The van der Waals surface area contributed by atoms with E-state index >= 15 is 0 Å². The quantitative estimate of drug-likeness (QED) is 0.731. The standard InChI is InChI=1S/C16H25NO2/c1-3-13(12-17-8-9-18-2)10-15-11-14-6-4-5-7-16(14)19-15/h4-7,13,15,17H,3,8-12H2,1-2H3. The highest BCUT2D eigenvalue weighted by Gasteiger charge is 2.24. The molecule has 2 atom stereocenters. The lowest BCUT2D eigenvalue weighted by Gasteiger charge is -2.19. The predicted octanol–water partition coefficient (Wildman–Crippen LogP) is 2.64. The first-order valence-electron chi connectivity index (χ1n) is 7.27. The molecule has 106 valence electrons. The molecule has 1 aliphatic heterocycles. The van der Waals surface area contributed by atoms with E-state index in [9.17, 15) is 0 Å². The van der Waals surface area contributed by atoms with Crippen molar-refractivity contribution in [1.29, 1.82) is 0 Å². The topological polar surface area (TPSA) is 30.5 Å². The number of benzene rings is 1. The van der Waals surface area contributed by atoms with Gasteiger partial charge in [0.05, 0.1) is 6.61 Å². The first-order valence-corrected chi connectivity index (χ1v) is 7.27. The van der Waals surface area contributed by atoms with Gasteiger partial charge < -0.3 is 14.8 Å². The van der Waals surface area contributed by atoms with E-state index in [0.717, 1.165) is 38.3 Å². The molecule has 0 spiro atoms. The summed E-state index contributed by atoms with van der Waals surface area (Å²) in [7, 11) is 1.74. The molecule has 2 rings (SSSR count). The molecule has 0 aliphatic carbocycles. The van der Waals surface area contributed by atoms with Crippen LogP contribution in [0, 0.1) is 5.92 Å². The molecule has 1 heterocycles. The summed E-state index contributed by atoms with van der Waals surface area (Å²) in [5.74, 6) is 1.76. The average Bonchev–Trinajstić information content (AvgIpc) is 2.84. The largest absolute Gasteiger partial charge is 0.490 e. The van der Waals surface area contributed by atoms with Crippen molar-refractivity contribution in [1.82, 2.24) is 5.32 Å². The predicted molar refractivity (Wildman–Crippen MR) is 77.7 cm³/mol. The second-order valence-electron chi connectivity index (χ2n) is 5.26. The van der Waals surface area contributed by atoms with Gasteiger partial charge in [0.2, 0.25) is 0 Å². The zero-order valence-electron chi connectivity index (χ0n) is 12.0. The average molecular weight is 263 g/mol. The van der Waals surface area contributed by atoms with Crippen LogP contribution in [0.2, 0.25) is 0 Å². The lowest BCUT2D eigenvalue weighted by molar-refractivity contribution is 0.180. The molecule has 1 aromatic rings. The fraction of sp³-hybridized carbons (Fsp3) is 0.625. The van der Waals surface area contributed by atoms with E-state index in [-0.39, 0.29) is 0 Å². The van der Waals surface area contributed by atoms with E-state index in [1.807, 2.05) is 6.07 Å². The van der Waals surface area contributed by atoms with Crippen LogP contribution in [0.3, 0.4) is 0 Å². The van der Waals surface area contributed by atoms with Crippen molar-refractivity contribution in [2.45, 2.75) is 32.3 Å². The highest BCUT2D eigenvalue weighted by atomic mass is 16.5. The number of fused-ring (bicyclic) bond motifs is 1. The van der Waals surface area contributed by atoms with E-state index in [2.05, 4.69) is 30.4 Å². The zero-order chi connectivity index (χ0) is 13.5. The van der Waals surface area contributed by atoms with Crippen molar-refractivity contribution in [3.63, 3.8) is 0 Å². The minimum Gasteiger partial charge on any atom is -0.490 e. The number of methoxy groups -OCH3 is 1. The fourth-order valence-electron chi connectivity index (χ4n) is 2.63. The molecule has 0 fully saturated rings. The summed E-state index contributed by atoms with van der Waals surface area (Å²) < 4.78 is 11.1. The van der Waals surface area contributed by atoms with Crippen LogP contribution in [-0.2, 0) is 11.2 Å². The fourth-order valence-corrected chi connectivity index (χ4v) is 2.63. The van der Waals surface area contributed by atoms with Crippen LogP contribution in [0.1, 0.15) is 25.3 Å². The maximum absolute atomic E-state index is 6.01. The van der Waals surface area contributed by atoms with Gasteiger partial charge in [0.15, 0.2) is 0 Å². The Morgan fingerprint density at radius 1 is 1.42 bits per heavy atom. The van der Waals surface area contributed by atoms with Crippen molar-refractivity contribution in [2.24, 2.45) is 5.92 Å². The maximum Gasteiger partial charge on any atom is 0.123 e. The van der Waals surface area contributed by atoms with Gasteiger partial charge in [0.1, 0.15) is 11.9 Å². The summed E-state index contributed by atoms with van der Waals surface area (Å²) in [4.78, 5) is 0. The Morgan fingerprint density at radius 2 is 2.26 bits per heavy atom. The Hall–Kier alpha value is -1.06. The first-order chi connectivity index (χ1) is 9.33. The molecule has 1 aromatic carbocycles. The number of para-hydroxylation sites is 1. The second kappa shape index (κ2) is 7.51. The van der Waals surface area contributed by atoms with Crippen molar-refractivity contribution in [2.75, 3.05) is 26.8 Å². The van der Waals surface area contributed by atoms with Gasteiger partial charge in [-0.25, -0.2) is 0 Å². The summed E-state index contributed by atoms with van der Waals surface area (Å²) in [6, 6.07) is 8.39. The first kappa shape index (κ1) is 14.4. The van der Waals surface area contributed by atoms with Gasteiger partial charge in [-0.1, -0.05) is 31.5 Å². The Morgan fingerprint density at radius 3 is 3.00 bits per heavy atom. The summed E-state index contributed by atoms with van der Waals surface area (Å²) >= 11 is 0. The molecule has 0 amide bonds. The number of hydrogen-bond donors (Lipinski definition) is 1. The van der Waals surface area contributed by atoms with Gasteiger partial charge in [-0.2, -0.15) is 0 Å². The third-order valence-corrected chi connectivity index (χ3v) is 3.80. The number of hydrogen-bond acceptors (Lipinski definition) is 3. The lowest BCUT2D eigenvalue weighted by Crippen LogP contribution is -2.29. The van der Waals surface area contributed by atoms with Gasteiger partial charge in [0, 0.05) is 20.1 Å². The highest BCUT2D eigenvalue weighted by Crippen LogP contribution is 2.31. The SMILES string of the molecule is CCC(CNCCOC)CC1Cc2ccccc2O1. The van der Waals surface area contributed by atoms with Gasteiger partial charge in [-0.3, -0.25) is 0 Å². The van der Waals surface area contributed by atoms with Gasteiger partial charge in [-0.05, 0) is 30.5 Å².